The molecule has 1 saturated heterocycles. The van der Waals surface area contributed by atoms with Crippen LogP contribution in [-0.4, -0.2) is 57.8 Å². The lowest BCUT2D eigenvalue weighted by Gasteiger charge is -2.44. The van der Waals surface area contributed by atoms with Gasteiger partial charge in [-0.1, -0.05) is 52.0 Å². The molecule has 1 fully saturated rings. The second-order valence-corrected chi connectivity index (χ2v) is 9.57. The number of carbonyl (C=O) groups is 1. The highest BCUT2D eigenvalue weighted by Gasteiger charge is 2.35. The minimum absolute atomic E-state index is 0.0843. The molecule has 0 bridgehead atoms. The Hall–Kier alpha value is -3.38. The van der Waals surface area contributed by atoms with Crippen LogP contribution in [0.1, 0.15) is 72.9 Å². The fourth-order valence-electron chi connectivity index (χ4n) is 5.40. The maximum absolute atomic E-state index is 13.1. The average Bonchev–Trinajstić information content (AvgIpc) is 3.38. The van der Waals surface area contributed by atoms with Gasteiger partial charge >= 0.3 is 0 Å². The lowest BCUT2D eigenvalue weighted by atomic mass is 9.99. The highest BCUT2D eigenvalue weighted by molar-refractivity contribution is 5.96. The molecule has 1 aromatic rings. The van der Waals surface area contributed by atoms with Gasteiger partial charge in [-0.05, 0) is 69.5 Å². The van der Waals surface area contributed by atoms with Gasteiger partial charge in [-0.3, -0.25) is 14.7 Å². The highest BCUT2D eigenvalue weighted by Crippen LogP contribution is 2.40. The second-order valence-electron chi connectivity index (χ2n) is 9.57. The molecule has 0 unspecified atom stereocenters. The van der Waals surface area contributed by atoms with Crippen molar-refractivity contribution in [2.75, 3.05) is 26.2 Å². The minimum atomic E-state index is 0.0843. The zero-order valence-corrected chi connectivity index (χ0v) is 25.4. The quantitative estimate of drug-likeness (QED) is 0.381. The van der Waals surface area contributed by atoms with Crippen molar-refractivity contribution >= 4 is 5.91 Å². The fourth-order valence-corrected chi connectivity index (χ4v) is 5.40. The third-order valence-electron chi connectivity index (χ3n) is 7.38. The van der Waals surface area contributed by atoms with Crippen LogP contribution in [0.3, 0.4) is 0 Å². The van der Waals surface area contributed by atoms with E-state index in [-0.39, 0.29) is 5.91 Å². The van der Waals surface area contributed by atoms with E-state index in [4.69, 9.17) is 4.74 Å². The van der Waals surface area contributed by atoms with Gasteiger partial charge in [-0.25, -0.2) is 0 Å². The number of hydrogen-bond donors (Lipinski definition) is 0. The Morgan fingerprint density at radius 3 is 2.48 bits per heavy atom. The second kappa shape index (κ2) is 16.0. The van der Waals surface area contributed by atoms with E-state index in [1.165, 1.54) is 0 Å². The van der Waals surface area contributed by atoms with Crippen molar-refractivity contribution in [3.05, 3.63) is 101 Å². The molecule has 2 aliphatic carbocycles. The van der Waals surface area contributed by atoms with Crippen LogP contribution in [-0.2, 0) is 16.1 Å². The molecule has 0 saturated carbocycles. The SMILES string of the molecule is CC.CC.CCN(CC)C(=O)C1=CCC2=C(C=C1)N(C1CCN(Cc3ccccn3)CC1)C1=CC=CCC=C1O2. The molecule has 1 aromatic heterocycles. The summed E-state index contributed by atoms with van der Waals surface area (Å²) in [5, 5.41) is 0. The van der Waals surface area contributed by atoms with Gasteiger partial charge in [-0.2, -0.15) is 0 Å². The normalized spacial score (nSPS) is 18.6. The van der Waals surface area contributed by atoms with Gasteiger partial charge in [-0.15, -0.1) is 0 Å². The molecule has 0 aromatic carbocycles. The Labute approximate surface area is 242 Å². The van der Waals surface area contributed by atoms with Gasteiger partial charge in [0.15, 0.2) is 0 Å². The molecule has 6 nitrogen and oxygen atoms in total. The smallest absolute Gasteiger partial charge is 0.253 e. The number of allylic oxidation sites excluding steroid dienone is 6. The number of nitrogens with zero attached hydrogens (tertiary/aromatic N) is 4. The van der Waals surface area contributed by atoms with Crippen molar-refractivity contribution in [1.82, 2.24) is 19.7 Å². The predicted molar refractivity (Wildman–Crippen MR) is 165 cm³/mol. The summed E-state index contributed by atoms with van der Waals surface area (Å²) in [4.78, 5) is 24.4. The van der Waals surface area contributed by atoms with E-state index >= 15 is 0 Å². The first-order valence-corrected chi connectivity index (χ1v) is 15.2. The van der Waals surface area contributed by atoms with E-state index in [0.29, 0.717) is 25.6 Å². The van der Waals surface area contributed by atoms with Gasteiger partial charge in [0.05, 0.1) is 17.1 Å². The summed E-state index contributed by atoms with van der Waals surface area (Å²) in [5.74, 6) is 1.94. The van der Waals surface area contributed by atoms with Gasteiger partial charge in [0.2, 0.25) is 0 Å². The van der Waals surface area contributed by atoms with Crippen molar-refractivity contribution in [3.63, 3.8) is 0 Å². The monoisotopic (exact) mass is 544 g/mol. The minimum Gasteiger partial charge on any atom is -0.457 e. The number of likely N-dealkylation sites (N-methyl/N-ethyl adjacent to an activating group) is 1. The van der Waals surface area contributed by atoms with Crippen molar-refractivity contribution in [2.45, 2.75) is 79.8 Å². The molecule has 3 heterocycles. The molecular formula is C34H48N4O2. The molecule has 40 heavy (non-hydrogen) atoms. The summed E-state index contributed by atoms with van der Waals surface area (Å²) in [6.07, 6.45) is 20.2. The van der Waals surface area contributed by atoms with Crippen LogP contribution >= 0.6 is 0 Å². The number of carbonyl (C=O) groups excluding carboxylic acids is 1. The molecule has 0 spiro atoms. The van der Waals surface area contributed by atoms with E-state index in [2.05, 4.69) is 57.3 Å². The Balaban J connectivity index is 0.00000106. The fraction of sp³-hybridized carbons (Fsp3) is 0.471. The Morgan fingerprint density at radius 2 is 1.80 bits per heavy atom. The van der Waals surface area contributed by atoms with Crippen LogP contribution < -0.4 is 0 Å². The van der Waals surface area contributed by atoms with Crippen molar-refractivity contribution in [3.8, 4) is 0 Å². The number of hydrogen-bond acceptors (Lipinski definition) is 5. The number of ether oxygens (including phenoxy) is 1. The van der Waals surface area contributed by atoms with E-state index in [0.717, 1.165) is 73.1 Å². The maximum atomic E-state index is 13.1. The standard InChI is InChI=1S/C30H36N4O2.2C2H6/c1-3-33(4-2)30(35)23-13-15-27-29(16-14-23)36-28-12-7-5-6-11-26(28)34(27)25-17-20-32(21-18-25)22-24-10-8-9-19-31-24;2*1-2/h5-6,8-15,19,25H,3-4,7,16-18,20-22H2,1-2H3;2*1-2H3. The zero-order valence-electron chi connectivity index (χ0n) is 25.4. The summed E-state index contributed by atoms with van der Waals surface area (Å²) in [6.45, 7) is 16.4. The van der Waals surface area contributed by atoms with E-state index in [1.54, 1.807) is 0 Å². The first-order valence-electron chi connectivity index (χ1n) is 15.2. The highest BCUT2D eigenvalue weighted by atomic mass is 16.5. The zero-order chi connectivity index (χ0) is 28.9. The maximum Gasteiger partial charge on any atom is 0.253 e. The van der Waals surface area contributed by atoms with Crippen LogP contribution in [0, 0.1) is 0 Å². The summed E-state index contributed by atoms with van der Waals surface area (Å²) in [7, 11) is 0. The van der Waals surface area contributed by atoms with Gasteiger partial charge in [0, 0.05) is 57.0 Å². The number of amides is 1. The lowest BCUT2D eigenvalue weighted by Crippen LogP contribution is -2.45. The van der Waals surface area contributed by atoms with E-state index in [1.807, 2.05) is 70.9 Å². The van der Waals surface area contributed by atoms with Crippen molar-refractivity contribution in [1.29, 1.82) is 0 Å². The molecule has 216 valence electrons. The van der Waals surface area contributed by atoms with Crippen molar-refractivity contribution in [2.24, 2.45) is 0 Å². The molecule has 1 amide bonds. The number of fused-ring (bicyclic) bond motifs is 1. The van der Waals surface area contributed by atoms with Gasteiger partial charge in [0.25, 0.3) is 5.91 Å². The number of piperidine rings is 1. The average molecular weight is 545 g/mol. The summed E-state index contributed by atoms with van der Waals surface area (Å²) < 4.78 is 6.47. The van der Waals surface area contributed by atoms with Crippen LogP contribution in [0.4, 0.5) is 0 Å². The molecular weight excluding hydrogens is 496 g/mol. The first kappa shape index (κ1) is 31.2. The topological polar surface area (TPSA) is 48.9 Å². The molecule has 4 aliphatic rings. The summed E-state index contributed by atoms with van der Waals surface area (Å²) in [6, 6.07) is 6.49. The number of likely N-dealkylation sites (tertiary alicyclic amines) is 1. The lowest BCUT2D eigenvalue weighted by molar-refractivity contribution is -0.126. The molecule has 2 aliphatic heterocycles. The molecule has 0 N–H and O–H groups in total. The van der Waals surface area contributed by atoms with Crippen LogP contribution in [0.25, 0.3) is 0 Å². The van der Waals surface area contributed by atoms with Crippen LogP contribution in [0.5, 0.6) is 0 Å². The molecule has 5 rings (SSSR count). The summed E-state index contributed by atoms with van der Waals surface area (Å²) in [5.41, 5.74) is 4.06. The predicted octanol–water partition coefficient (Wildman–Crippen LogP) is 7.12. The Bertz CT molecular complexity index is 1150. The number of aromatic nitrogens is 1. The third kappa shape index (κ3) is 7.42. The summed E-state index contributed by atoms with van der Waals surface area (Å²) >= 11 is 0. The Kier molecular flexibility index (Phi) is 12.5. The first-order chi connectivity index (χ1) is 19.7. The van der Waals surface area contributed by atoms with Gasteiger partial charge < -0.3 is 14.5 Å². The Morgan fingerprint density at radius 1 is 1.05 bits per heavy atom. The molecule has 0 atom stereocenters. The van der Waals surface area contributed by atoms with Crippen LogP contribution in [0.2, 0.25) is 0 Å². The number of rotatable bonds is 6. The largest absolute Gasteiger partial charge is 0.457 e. The third-order valence-corrected chi connectivity index (χ3v) is 7.38. The van der Waals surface area contributed by atoms with E-state index in [9.17, 15) is 4.79 Å². The van der Waals surface area contributed by atoms with Gasteiger partial charge in [0.1, 0.15) is 11.5 Å². The van der Waals surface area contributed by atoms with E-state index < -0.39 is 0 Å². The molecule has 6 heteroatoms. The number of pyridine rings is 1. The van der Waals surface area contributed by atoms with Crippen LogP contribution in [0.15, 0.2) is 95.4 Å². The molecule has 0 radical (unpaired) electrons. The van der Waals surface area contributed by atoms with Crippen molar-refractivity contribution < 1.29 is 9.53 Å².